The third-order valence-corrected chi connectivity index (χ3v) is 6.97. The number of sulfonamides is 1. The van der Waals surface area contributed by atoms with E-state index in [-0.39, 0.29) is 0 Å². The van der Waals surface area contributed by atoms with Crippen LogP contribution in [0.25, 0.3) is 0 Å². The molecule has 0 saturated carbocycles. The van der Waals surface area contributed by atoms with E-state index in [1.807, 2.05) is 13.0 Å². The largest absolute Gasteiger partial charge is 0.316 e. The summed E-state index contributed by atoms with van der Waals surface area (Å²) in [7, 11) is -3.24. The fourth-order valence-corrected chi connectivity index (χ4v) is 5.68. The second kappa shape index (κ2) is 4.05. The van der Waals surface area contributed by atoms with E-state index in [9.17, 15) is 8.42 Å². The number of rotatable bonds is 2. The lowest BCUT2D eigenvalue weighted by molar-refractivity contribution is 0.449. The van der Waals surface area contributed by atoms with E-state index < -0.39 is 10.0 Å². The van der Waals surface area contributed by atoms with Gasteiger partial charge >= 0.3 is 0 Å². The van der Waals surface area contributed by atoms with Gasteiger partial charge in [0.25, 0.3) is 10.0 Å². The fraction of sp³-hybridized carbons (Fsp3) is 0.636. The Morgan fingerprint density at radius 3 is 2.47 bits per heavy atom. The molecular formula is C11H16N2O2S2. The lowest BCUT2D eigenvalue weighted by Gasteiger charge is -2.15. The van der Waals surface area contributed by atoms with Gasteiger partial charge in [0.15, 0.2) is 0 Å². The summed E-state index contributed by atoms with van der Waals surface area (Å²) in [6.45, 7) is 5.21. The van der Waals surface area contributed by atoms with Gasteiger partial charge in [0, 0.05) is 18.0 Å². The van der Waals surface area contributed by atoms with Crippen molar-refractivity contribution in [2.75, 3.05) is 26.2 Å². The van der Waals surface area contributed by atoms with E-state index in [0.717, 1.165) is 18.0 Å². The molecule has 0 unspecified atom stereocenters. The van der Waals surface area contributed by atoms with E-state index in [2.05, 4.69) is 5.32 Å². The van der Waals surface area contributed by atoms with Crippen LogP contribution in [0, 0.1) is 18.8 Å². The van der Waals surface area contributed by atoms with Crippen LogP contribution in [0.15, 0.2) is 16.3 Å². The minimum absolute atomic E-state index is 0.489. The molecule has 94 valence electrons. The smallest absolute Gasteiger partial charge is 0.252 e. The van der Waals surface area contributed by atoms with Crippen molar-refractivity contribution in [3.63, 3.8) is 0 Å². The number of nitrogens with zero attached hydrogens (tertiary/aromatic N) is 1. The monoisotopic (exact) mass is 272 g/mol. The van der Waals surface area contributed by atoms with Crippen LogP contribution in [0.3, 0.4) is 0 Å². The zero-order valence-electron chi connectivity index (χ0n) is 9.72. The van der Waals surface area contributed by atoms with Crippen molar-refractivity contribution >= 4 is 21.4 Å². The highest BCUT2D eigenvalue weighted by Gasteiger charge is 2.41. The highest BCUT2D eigenvalue weighted by molar-refractivity contribution is 7.91. The molecule has 2 atom stereocenters. The Hall–Kier alpha value is -0.430. The van der Waals surface area contributed by atoms with Crippen molar-refractivity contribution in [1.82, 2.24) is 9.62 Å². The van der Waals surface area contributed by atoms with E-state index in [1.165, 1.54) is 11.3 Å². The Labute approximate surface area is 106 Å². The van der Waals surface area contributed by atoms with Crippen molar-refractivity contribution in [3.05, 3.63) is 17.0 Å². The average molecular weight is 272 g/mol. The third kappa shape index (κ3) is 1.93. The van der Waals surface area contributed by atoms with Gasteiger partial charge in [-0.1, -0.05) is 0 Å². The molecule has 2 fully saturated rings. The van der Waals surface area contributed by atoms with Crippen LogP contribution in [0.5, 0.6) is 0 Å². The molecule has 0 spiro atoms. The first-order valence-corrected chi connectivity index (χ1v) is 8.10. The molecule has 0 aliphatic carbocycles. The minimum Gasteiger partial charge on any atom is -0.316 e. The van der Waals surface area contributed by atoms with Crippen LogP contribution in [0.4, 0.5) is 0 Å². The average Bonchev–Trinajstić information content (AvgIpc) is 2.89. The Morgan fingerprint density at radius 2 is 1.94 bits per heavy atom. The molecule has 3 heterocycles. The van der Waals surface area contributed by atoms with Gasteiger partial charge in [0.05, 0.1) is 0 Å². The van der Waals surface area contributed by atoms with Gasteiger partial charge in [0.2, 0.25) is 0 Å². The van der Waals surface area contributed by atoms with Crippen LogP contribution in [-0.4, -0.2) is 38.9 Å². The van der Waals surface area contributed by atoms with Gasteiger partial charge < -0.3 is 5.32 Å². The van der Waals surface area contributed by atoms with Crippen LogP contribution >= 0.6 is 11.3 Å². The van der Waals surface area contributed by atoms with Gasteiger partial charge in [-0.05, 0) is 44.0 Å². The maximum atomic E-state index is 12.4. The topological polar surface area (TPSA) is 49.4 Å². The summed E-state index contributed by atoms with van der Waals surface area (Å²) in [5.74, 6) is 1.01. The zero-order chi connectivity index (χ0) is 12.0. The summed E-state index contributed by atoms with van der Waals surface area (Å²) < 4.78 is 26.9. The van der Waals surface area contributed by atoms with E-state index >= 15 is 0 Å². The molecule has 3 rings (SSSR count). The molecule has 1 aromatic rings. The standard InChI is InChI=1S/C11H16N2O2S2/c1-8-2-3-11(16-8)17(14,15)13-6-9-4-12-5-10(9)7-13/h2-3,9-10,12H,4-7H2,1H3/t9-,10+. The Kier molecular flexibility index (Phi) is 2.77. The molecule has 4 nitrogen and oxygen atoms in total. The Morgan fingerprint density at radius 1 is 1.29 bits per heavy atom. The number of thiophene rings is 1. The molecule has 1 N–H and O–H groups in total. The zero-order valence-corrected chi connectivity index (χ0v) is 11.4. The van der Waals surface area contributed by atoms with Gasteiger partial charge in [-0.25, -0.2) is 8.42 Å². The SMILES string of the molecule is Cc1ccc(S(=O)(=O)N2C[C@H]3CNC[C@H]3C2)s1. The van der Waals surface area contributed by atoms with Crippen LogP contribution in [-0.2, 0) is 10.0 Å². The Balaban J connectivity index is 1.85. The maximum absolute atomic E-state index is 12.4. The molecule has 6 heteroatoms. The highest BCUT2D eigenvalue weighted by atomic mass is 32.2. The summed E-state index contributed by atoms with van der Waals surface area (Å²) in [6.07, 6.45) is 0. The number of fused-ring (bicyclic) bond motifs is 1. The molecule has 17 heavy (non-hydrogen) atoms. The van der Waals surface area contributed by atoms with Crippen LogP contribution < -0.4 is 5.32 Å². The maximum Gasteiger partial charge on any atom is 0.252 e. The van der Waals surface area contributed by atoms with E-state index in [1.54, 1.807) is 10.4 Å². The Bertz CT molecular complexity index is 511. The lowest BCUT2D eigenvalue weighted by Crippen LogP contribution is -2.31. The second-order valence-corrected chi connectivity index (χ2v) is 8.32. The van der Waals surface area contributed by atoms with Crippen molar-refractivity contribution in [2.45, 2.75) is 11.1 Å². The van der Waals surface area contributed by atoms with Crippen molar-refractivity contribution in [2.24, 2.45) is 11.8 Å². The van der Waals surface area contributed by atoms with E-state index in [0.29, 0.717) is 29.1 Å². The fourth-order valence-electron chi connectivity index (χ4n) is 2.69. The summed E-state index contributed by atoms with van der Waals surface area (Å²) in [4.78, 5) is 1.05. The molecule has 0 aromatic carbocycles. The lowest BCUT2D eigenvalue weighted by atomic mass is 10.0. The van der Waals surface area contributed by atoms with Crippen LogP contribution in [0.1, 0.15) is 4.88 Å². The third-order valence-electron chi connectivity index (χ3n) is 3.67. The number of aryl methyl sites for hydroxylation is 1. The van der Waals surface area contributed by atoms with E-state index in [4.69, 9.17) is 0 Å². The van der Waals surface area contributed by atoms with Crippen molar-refractivity contribution in [1.29, 1.82) is 0 Å². The predicted molar refractivity (Wildman–Crippen MR) is 67.7 cm³/mol. The summed E-state index contributed by atoms with van der Waals surface area (Å²) in [5.41, 5.74) is 0. The van der Waals surface area contributed by atoms with Gasteiger partial charge in [-0.3, -0.25) is 0 Å². The summed E-state index contributed by atoms with van der Waals surface area (Å²) in [5, 5.41) is 3.32. The molecular weight excluding hydrogens is 256 g/mol. The highest BCUT2D eigenvalue weighted by Crippen LogP contribution is 2.32. The second-order valence-electron chi connectivity index (χ2n) is 4.87. The first-order valence-electron chi connectivity index (χ1n) is 5.84. The molecule has 2 saturated heterocycles. The summed E-state index contributed by atoms with van der Waals surface area (Å²) in [6, 6.07) is 3.59. The van der Waals surface area contributed by atoms with Gasteiger partial charge in [-0.15, -0.1) is 11.3 Å². The quantitative estimate of drug-likeness (QED) is 0.870. The first-order chi connectivity index (χ1) is 8.07. The molecule has 1 aromatic heterocycles. The molecule has 0 radical (unpaired) electrons. The molecule has 2 aliphatic rings. The number of hydrogen-bond acceptors (Lipinski definition) is 4. The minimum atomic E-state index is -3.24. The van der Waals surface area contributed by atoms with Crippen LogP contribution in [0.2, 0.25) is 0 Å². The molecule has 2 aliphatic heterocycles. The molecule has 0 amide bonds. The molecule has 0 bridgehead atoms. The van der Waals surface area contributed by atoms with Gasteiger partial charge in [-0.2, -0.15) is 4.31 Å². The first kappa shape index (κ1) is 11.6. The van der Waals surface area contributed by atoms with Crippen molar-refractivity contribution < 1.29 is 8.42 Å². The number of nitrogens with one attached hydrogen (secondary N) is 1. The summed E-state index contributed by atoms with van der Waals surface area (Å²) >= 11 is 1.36. The van der Waals surface area contributed by atoms with Crippen molar-refractivity contribution in [3.8, 4) is 0 Å². The van der Waals surface area contributed by atoms with Gasteiger partial charge in [0.1, 0.15) is 4.21 Å². The predicted octanol–water partition coefficient (Wildman–Crippen LogP) is 0.896. The number of hydrogen-bond donors (Lipinski definition) is 1. The normalized spacial score (nSPS) is 29.7.